The fourth-order valence-electron chi connectivity index (χ4n) is 3.88. The van der Waals surface area contributed by atoms with E-state index < -0.39 is 10.0 Å². The first-order chi connectivity index (χ1) is 13.3. The standard InChI is InChI=1S/C22H29FN2O2S/c1-17(2)16-24-13-11-21(12-14-24)25(20-9-7-19(23)8-10-20)28(26,27)22-6-4-5-18(3)15-22/h4-10,15,17,21H,11-14,16H2,1-3H3. The zero-order valence-corrected chi connectivity index (χ0v) is 17.6. The maximum Gasteiger partial charge on any atom is 0.264 e. The van der Waals surface area contributed by atoms with E-state index in [1.807, 2.05) is 13.0 Å². The second kappa shape index (κ2) is 8.62. The van der Waals surface area contributed by atoms with Gasteiger partial charge in [-0.05, 0) is 67.6 Å². The first-order valence-electron chi connectivity index (χ1n) is 9.86. The number of hydrogen-bond acceptors (Lipinski definition) is 3. The van der Waals surface area contributed by atoms with E-state index in [0.717, 1.165) is 38.0 Å². The lowest BCUT2D eigenvalue weighted by atomic mass is 10.0. The molecule has 0 amide bonds. The van der Waals surface area contributed by atoms with Gasteiger partial charge in [-0.3, -0.25) is 4.31 Å². The minimum Gasteiger partial charge on any atom is -0.303 e. The van der Waals surface area contributed by atoms with Crippen LogP contribution in [0.15, 0.2) is 53.4 Å². The van der Waals surface area contributed by atoms with Crippen LogP contribution in [0, 0.1) is 18.7 Å². The summed E-state index contributed by atoms with van der Waals surface area (Å²) in [5, 5.41) is 0. The topological polar surface area (TPSA) is 40.6 Å². The van der Waals surface area contributed by atoms with Gasteiger partial charge >= 0.3 is 0 Å². The zero-order chi connectivity index (χ0) is 20.3. The number of aryl methyl sites for hydroxylation is 1. The summed E-state index contributed by atoms with van der Waals surface area (Å²) in [5.41, 5.74) is 1.41. The van der Waals surface area contributed by atoms with Crippen LogP contribution in [0.3, 0.4) is 0 Å². The van der Waals surface area contributed by atoms with E-state index in [0.29, 0.717) is 11.6 Å². The number of anilines is 1. The van der Waals surface area contributed by atoms with Crippen LogP contribution >= 0.6 is 0 Å². The Balaban J connectivity index is 1.94. The second-order valence-corrected chi connectivity index (χ2v) is 9.83. The Labute approximate surface area is 168 Å². The third-order valence-electron chi connectivity index (χ3n) is 5.14. The lowest BCUT2D eigenvalue weighted by molar-refractivity contribution is 0.194. The molecule has 0 unspecified atom stereocenters. The highest BCUT2D eigenvalue weighted by Crippen LogP contribution is 2.31. The van der Waals surface area contributed by atoms with Crippen molar-refractivity contribution in [2.75, 3.05) is 23.9 Å². The maximum atomic E-state index is 13.5. The summed E-state index contributed by atoms with van der Waals surface area (Å²) in [6.45, 7) is 9.02. The van der Waals surface area contributed by atoms with Crippen molar-refractivity contribution in [3.8, 4) is 0 Å². The number of rotatable bonds is 6. The van der Waals surface area contributed by atoms with E-state index in [4.69, 9.17) is 0 Å². The molecule has 0 aromatic heterocycles. The molecule has 2 aromatic carbocycles. The Bertz CT molecular complexity index is 889. The Morgan fingerprint density at radius 1 is 1.11 bits per heavy atom. The van der Waals surface area contributed by atoms with E-state index >= 15 is 0 Å². The van der Waals surface area contributed by atoms with E-state index in [9.17, 15) is 12.8 Å². The lowest BCUT2D eigenvalue weighted by Crippen LogP contribution is -2.48. The molecule has 0 radical (unpaired) electrons. The minimum atomic E-state index is -3.74. The van der Waals surface area contributed by atoms with Gasteiger partial charge in [0.15, 0.2) is 0 Å². The third-order valence-corrected chi connectivity index (χ3v) is 7.02. The summed E-state index contributed by atoms with van der Waals surface area (Å²) in [6, 6.07) is 12.6. The second-order valence-electron chi connectivity index (χ2n) is 8.02. The summed E-state index contributed by atoms with van der Waals surface area (Å²) in [7, 11) is -3.74. The summed E-state index contributed by atoms with van der Waals surface area (Å²) >= 11 is 0. The molecule has 0 spiro atoms. The molecule has 3 rings (SSSR count). The largest absolute Gasteiger partial charge is 0.303 e. The van der Waals surface area contributed by atoms with E-state index in [2.05, 4.69) is 18.7 Å². The van der Waals surface area contributed by atoms with Crippen LogP contribution in [0.1, 0.15) is 32.3 Å². The minimum absolute atomic E-state index is 0.139. The van der Waals surface area contributed by atoms with Crippen LogP contribution in [-0.2, 0) is 10.0 Å². The molecule has 6 heteroatoms. The highest BCUT2D eigenvalue weighted by Gasteiger charge is 2.34. The fourth-order valence-corrected chi connectivity index (χ4v) is 5.69. The molecule has 0 atom stereocenters. The average Bonchev–Trinajstić information content (AvgIpc) is 2.64. The van der Waals surface area contributed by atoms with Crippen molar-refractivity contribution in [2.24, 2.45) is 5.92 Å². The molecule has 4 nitrogen and oxygen atoms in total. The van der Waals surface area contributed by atoms with Crippen molar-refractivity contribution in [1.82, 2.24) is 4.90 Å². The number of piperidine rings is 1. The number of nitrogens with zero attached hydrogens (tertiary/aromatic N) is 2. The summed E-state index contributed by atoms with van der Waals surface area (Å²) in [4.78, 5) is 2.67. The summed E-state index contributed by atoms with van der Waals surface area (Å²) < 4.78 is 42.1. The van der Waals surface area contributed by atoms with Crippen molar-refractivity contribution in [1.29, 1.82) is 0 Å². The molecule has 0 aliphatic carbocycles. The van der Waals surface area contributed by atoms with Crippen molar-refractivity contribution in [3.05, 3.63) is 59.9 Å². The van der Waals surface area contributed by atoms with Crippen molar-refractivity contribution in [3.63, 3.8) is 0 Å². The normalized spacial score (nSPS) is 16.5. The van der Waals surface area contributed by atoms with Crippen LogP contribution in [-0.4, -0.2) is 39.0 Å². The average molecular weight is 405 g/mol. The molecule has 0 saturated carbocycles. The van der Waals surface area contributed by atoms with Crippen LogP contribution in [0.2, 0.25) is 0 Å². The highest BCUT2D eigenvalue weighted by molar-refractivity contribution is 7.92. The Morgan fingerprint density at radius 2 is 1.75 bits per heavy atom. The lowest BCUT2D eigenvalue weighted by Gasteiger charge is -2.39. The Hall–Kier alpha value is -1.92. The van der Waals surface area contributed by atoms with Gasteiger partial charge in [0.05, 0.1) is 10.6 Å². The van der Waals surface area contributed by atoms with E-state index in [1.165, 1.54) is 16.4 Å². The number of benzene rings is 2. The molecule has 1 heterocycles. The van der Waals surface area contributed by atoms with Gasteiger partial charge in [0.25, 0.3) is 10.0 Å². The molecular weight excluding hydrogens is 375 g/mol. The van der Waals surface area contributed by atoms with Crippen LogP contribution in [0.5, 0.6) is 0 Å². The Kier molecular flexibility index (Phi) is 6.40. The van der Waals surface area contributed by atoms with Crippen molar-refractivity contribution in [2.45, 2.75) is 44.6 Å². The molecule has 2 aromatic rings. The highest BCUT2D eigenvalue weighted by atomic mass is 32.2. The van der Waals surface area contributed by atoms with E-state index in [-0.39, 0.29) is 16.8 Å². The van der Waals surface area contributed by atoms with Gasteiger partial charge in [-0.1, -0.05) is 26.0 Å². The van der Waals surface area contributed by atoms with Gasteiger partial charge in [-0.2, -0.15) is 0 Å². The molecule has 0 bridgehead atoms. The van der Waals surface area contributed by atoms with Gasteiger partial charge in [-0.25, -0.2) is 12.8 Å². The van der Waals surface area contributed by atoms with Crippen molar-refractivity contribution < 1.29 is 12.8 Å². The molecule has 0 N–H and O–H groups in total. The molecule has 28 heavy (non-hydrogen) atoms. The number of sulfonamides is 1. The molecular formula is C22H29FN2O2S. The number of likely N-dealkylation sites (tertiary alicyclic amines) is 1. The molecule has 1 saturated heterocycles. The molecule has 1 aliphatic heterocycles. The summed E-state index contributed by atoms with van der Waals surface area (Å²) in [6.07, 6.45) is 1.52. The van der Waals surface area contributed by atoms with Crippen LogP contribution < -0.4 is 4.31 Å². The van der Waals surface area contributed by atoms with Crippen molar-refractivity contribution >= 4 is 15.7 Å². The molecule has 1 fully saturated rings. The SMILES string of the molecule is Cc1cccc(S(=O)(=O)N(c2ccc(F)cc2)C2CCN(CC(C)C)CC2)c1. The van der Waals surface area contributed by atoms with Gasteiger partial charge in [-0.15, -0.1) is 0 Å². The van der Waals surface area contributed by atoms with Gasteiger partial charge in [0.1, 0.15) is 5.82 Å². The van der Waals surface area contributed by atoms with Gasteiger partial charge < -0.3 is 4.90 Å². The number of halogens is 1. The first-order valence-corrected chi connectivity index (χ1v) is 11.3. The predicted molar refractivity (Wildman–Crippen MR) is 112 cm³/mol. The molecule has 1 aliphatic rings. The fraction of sp³-hybridized carbons (Fsp3) is 0.455. The predicted octanol–water partition coefficient (Wildman–Crippen LogP) is 4.45. The van der Waals surface area contributed by atoms with Crippen LogP contribution in [0.4, 0.5) is 10.1 Å². The number of hydrogen-bond donors (Lipinski definition) is 0. The quantitative estimate of drug-likeness (QED) is 0.714. The first kappa shape index (κ1) is 20.8. The Morgan fingerprint density at radius 3 is 2.32 bits per heavy atom. The third kappa shape index (κ3) is 4.73. The maximum absolute atomic E-state index is 13.5. The van der Waals surface area contributed by atoms with Gasteiger partial charge in [0.2, 0.25) is 0 Å². The monoisotopic (exact) mass is 404 g/mol. The summed E-state index contributed by atoms with van der Waals surface area (Å²) in [5.74, 6) is 0.212. The zero-order valence-electron chi connectivity index (χ0n) is 16.8. The van der Waals surface area contributed by atoms with E-state index in [1.54, 1.807) is 30.3 Å². The van der Waals surface area contributed by atoms with Crippen LogP contribution in [0.25, 0.3) is 0 Å². The van der Waals surface area contributed by atoms with Gasteiger partial charge in [0, 0.05) is 25.7 Å². The smallest absolute Gasteiger partial charge is 0.264 e. The molecule has 152 valence electrons.